The lowest BCUT2D eigenvalue weighted by Crippen LogP contribution is -2.46. The van der Waals surface area contributed by atoms with Crippen LogP contribution in [-0.4, -0.2) is 50.4 Å². The van der Waals surface area contributed by atoms with Gasteiger partial charge in [-0.15, -0.1) is 0 Å². The number of para-hydroxylation sites is 2. The smallest absolute Gasteiger partial charge is 0.325 e. The first-order chi connectivity index (χ1) is 16.0. The Bertz CT molecular complexity index is 1270. The molecule has 2 aromatic carbocycles. The SMILES string of the molecule is COc1ccccc1NS(=O)(=O)c1cc(NC(=O)CN2C(=O)N[C@](C)(C3CC3)C2=O)ccc1C. The van der Waals surface area contributed by atoms with Gasteiger partial charge >= 0.3 is 6.03 Å². The Morgan fingerprint density at radius 2 is 1.91 bits per heavy atom. The van der Waals surface area contributed by atoms with Gasteiger partial charge in [-0.1, -0.05) is 18.2 Å². The van der Waals surface area contributed by atoms with Crippen molar-refractivity contribution in [2.45, 2.75) is 37.1 Å². The monoisotopic (exact) mass is 486 g/mol. The van der Waals surface area contributed by atoms with Crippen LogP contribution in [0.4, 0.5) is 16.2 Å². The average Bonchev–Trinajstić information content (AvgIpc) is 3.61. The summed E-state index contributed by atoms with van der Waals surface area (Å²) in [7, 11) is -2.57. The number of methoxy groups -OCH3 is 1. The molecule has 0 bridgehead atoms. The number of ether oxygens (including phenoxy) is 1. The molecule has 11 heteroatoms. The number of aryl methyl sites for hydroxylation is 1. The molecule has 1 heterocycles. The van der Waals surface area contributed by atoms with Gasteiger partial charge in [-0.3, -0.25) is 19.2 Å². The molecule has 1 atom stereocenters. The number of imide groups is 1. The molecular formula is C23H26N4O6S. The Morgan fingerprint density at radius 3 is 2.59 bits per heavy atom. The molecule has 4 amide bonds. The van der Waals surface area contributed by atoms with E-state index in [0.717, 1.165) is 17.7 Å². The van der Waals surface area contributed by atoms with Gasteiger partial charge in [-0.2, -0.15) is 0 Å². The summed E-state index contributed by atoms with van der Waals surface area (Å²) in [4.78, 5) is 38.5. The van der Waals surface area contributed by atoms with Crippen molar-refractivity contribution in [2.75, 3.05) is 23.7 Å². The van der Waals surface area contributed by atoms with E-state index in [4.69, 9.17) is 4.74 Å². The lowest BCUT2D eigenvalue weighted by molar-refractivity contribution is -0.134. The van der Waals surface area contributed by atoms with Crippen molar-refractivity contribution in [1.29, 1.82) is 0 Å². The van der Waals surface area contributed by atoms with Crippen LogP contribution in [0.5, 0.6) is 5.75 Å². The largest absolute Gasteiger partial charge is 0.495 e. The number of amides is 4. The number of sulfonamides is 1. The van der Waals surface area contributed by atoms with Gasteiger partial charge in [0.15, 0.2) is 0 Å². The van der Waals surface area contributed by atoms with E-state index in [1.807, 2.05) is 0 Å². The minimum Gasteiger partial charge on any atom is -0.495 e. The molecule has 0 radical (unpaired) electrons. The predicted molar refractivity (Wildman–Crippen MR) is 125 cm³/mol. The third-order valence-corrected chi connectivity index (χ3v) is 7.62. The van der Waals surface area contributed by atoms with E-state index in [9.17, 15) is 22.8 Å². The van der Waals surface area contributed by atoms with E-state index < -0.39 is 40.0 Å². The van der Waals surface area contributed by atoms with Gasteiger partial charge in [0.05, 0.1) is 17.7 Å². The van der Waals surface area contributed by atoms with Crippen LogP contribution in [0.25, 0.3) is 0 Å². The summed E-state index contributed by atoms with van der Waals surface area (Å²) in [6.07, 6.45) is 1.71. The standard InChI is InChI=1S/C23H26N4O6S/c1-14-8-11-16(12-19(14)34(31,32)26-17-6-4-5-7-18(17)33-3)24-20(28)13-27-21(29)23(2,15-9-10-15)25-22(27)30/h4-8,11-12,15,26H,9-10,13H2,1-3H3,(H,24,28)(H,25,30)/t23-/m1/s1. The van der Waals surface area contributed by atoms with Crippen LogP contribution in [0, 0.1) is 12.8 Å². The highest BCUT2D eigenvalue weighted by Crippen LogP contribution is 2.42. The van der Waals surface area contributed by atoms with Crippen molar-refractivity contribution in [2.24, 2.45) is 5.92 Å². The van der Waals surface area contributed by atoms with Crippen molar-refractivity contribution in [3.8, 4) is 5.75 Å². The summed E-state index contributed by atoms with van der Waals surface area (Å²) >= 11 is 0. The molecule has 10 nitrogen and oxygen atoms in total. The van der Waals surface area contributed by atoms with E-state index in [0.29, 0.717) is 11.3 Å². The van der Waals surface area contributed by atoms with Gasteiger partial charge in [0.2, 0.25) is 5.91 Å². The van der Waals surface area contributed by atoms with Crippen molar-refractivity contribution in [3.05, 3.63) is 48.0 Å². The first-order valence-corrected chi connectivity index (χ1v) is 12.2. The second-order valence-electron chi connectivity index (χ2n) is 8.63. The number of carbonyl (C=O) groups excluding carboxylic acids is 3. The molecular weight excluding hydrogens is 460 g/mol. The normalized spacial score (nSPS) is 20.1. The maximum Gasteiger partial charge on any atom is 0.325 e. The summed E-state index contributed by atoms with van der Waals surface area (Å²) in [5, 5.41) is 5.27. The number of carbonyl (C=O) groups is 3. The Balaban J connectivity index is 1.49. The Hall–Kier alpha value is -3.60. The van der Waals surface area contributed by atoms with Crippen molar-refractivity contribution in [3.63, 3.8) is 0 Å². The molecule has 180 valence electrons. The molecule has 4 rings (SSSR count). The van der Waals surface area contributed by atoms with E-state index >= 15 is 0 Å². The van der Waals surface area contributed by atoms with Crippen LogP contribution in [0.1, 0.15) is 25.3 Å². The molecule has 2 fully saturated rings. The highest BCUT2D eigenvalue weighted by atomic mass is 32.2. The van der Waals surface area contributed by atoms with Crippen LogP contribution in [0.15, 0.2) is 47.4 Å². The second-order valence-corrected chi connectivity index (χ2v) is 10.3. The van der Waals surface area contributed by atoms with Crippen LogP contribution in [0.2, 0.25) is 0 Å². The number of rotatable bonds is 8. The fraction of sp³-hybridized carbons (Fsp3) is 0.348. The molecule has 0 aromatic heterocycles. The molecule has 34 heavy (non-hydrogen) atoms. The van der Waals surface area contributed by atoms with Crippen molar-refractivity contribution < 1.29 is 27.5 Å². The fourth-order valence-corrected chi connectivity index (χ4v) is 5.38. The van der Waals surface area contributed by atoms with Gasteiger partial charge in [0.25, 0.3) is 15.9 Å². The molecule has 2 aromatic rings. The third kappa shape index (κ3) is 4.43. The van der Waals surface area contributed by atoms with Crippen molar-refractivity contribution >= 4 is 39.2 Å². The summed E-state index contributed by atoms with van der Waals surface area (Å²) in [6.45, 7) is 2.84. The molecule has 2 aliphatic rings. The second kappa shape index (κ2) is 8.64. The van der Waals surface area contributed by atoms with Crippen LogP contribution < -0.4 is 20.1 Å². The number of hydrogen-bond acceptors (Lipinski definition) is 6. The number of hydrogen-bond donors (Lipinski definition) is 3. The number of nitrogens with zero attached hydrogens (tertiary/aromatic N) is 1. The van der Waals surface area contributed by atoms with E-state index in [1.54, 1.807) is 50.2 Å². The van der Waals surface area contributed by atoms with Gasteiger partial charge in [-0.25, -0.2) is 13.2 Å². The number of benzene rings is 2. The van der Waals surface area contributed by atoms with E-state index in [2.05, 4.69) is 15.4 Å². The molecule has 1 aliphatic carbocycles. The quantitative estimate of drug-likeness (QED) is 0.491. The summed E-state index contributed by atoms with van der Waals surface area (Å²) in [5.74, 6) is -0.602. The highest BCUT2D eigenvalue weighted by Gasteiger charge is 2.56. The number of anilines is 2. The first-order valence-electron chi connectivity index (χ1n) is 10.8. The van der Waals surface area contributed by atoms with E-state index in [-0.39, 0.29) is 22.2 Å². The first kappa shape index (κ1) is 23.6. The predicted octanol–water partition coefficient (Wildman–Crippen LogP) is 2.46. The van der Waals surface area contributed by atoms with Gasteiger partial charge in [0, 0.05) is 5.69 Å². The van der Waals surface area contributed by atoms with E-state index in [1.165, 1.54) is 13.2 Å². The molecule has 1 saturated heterocycles. The maximum absolute atomic E-state index is 13.0. The zero-order valence-corrected chi connectivity index (χ0v) is 19.9. The Labute approximate surface area is 197 Å². The topological polar surface area (TPSA) is 134 Å². The Kier molecular flexibility index (Phi) is 5.98. The highest BCUT2D eigenvalue weighted by molar-refractivity contribution is 7.92. The Morgan fingerprint density at radius 1 is 1.21 bits per heavy atom. The van der Waals surface area contributed by atoms with Crippen LogP contribution in [0.3, 0.4) is 0 Å². The lowest BCUT2D eigenvalue weighted by Gasteiger charge is -2.20. The van der Waals surface area contributed by atoms with Crippen LogP contribution in [-0.2, 0) is 19.6 Å². The summed E-state index contributed by atoms with van der Waals surface area (Å²) in [5.41, 5.74) is -0.0223. The molecule has 1 aliphatic heterocycles. The fourth-order valence-electron chi connectivity index (χ4n) is 4.04. The van der Waals surface area contributed by atoms with Crippen molar-refractivity contribution in [1.82, 2.24) is 10.2 Å². The average molecular weight is 487 g/mol. The van der Waals surface area contributed by atoms with Gasteiger partial charge < -0.3 is 15.4 Å². The zero-order valence-electron chi connectivity index (χ0n) is 19.0. The van der Waals surface area contributed by atoms with Gasteiger partial charge in [0.1, 0.15) is 17.8 Å². The minimum absolute atomic E-state index is 0.0347. The molecule has 3 N–H and O–H groups in total. The molecule has 1 saturated carbocycles. The lowest BCUT2D eigenvalue weighted by atomic mass is 9.96. The van der Waals surface area contributed by atoms with Crippen LogP contribution >= 0.6 is 0 Å². The zero-order chi connectivity index (χ0) is 24.7. The maximum atomic E-state index is 13.0. The number of urea groups is 1. The summed E-state index contributed by atoms with van der Waals surface area (Å²) in [6, 6.07) is 10.4. The number of nitrogens with one attached hydrogen (secondary N) is 3. The minimum atomic E-state index is -4.00. The molecule has 0 spiro atoms. The van der Waals surface area contributed by atoms with Gasteiger partial charge in [-0.05, 0) is 62.4 Å². The summed E-state index contributed by atoms with van der Waals surface area (Å²) < 4.78 is 33.8. The third-order valence-electron chi connectivity index (χ3n) is 6.11. The molecule has 0 unspecified atom stereocenters.